The zero-order chi connectivity index (χ0) is 22.2. The minimum Gasteiger partial charge on any atom is -0.487 e. The predicted octanol–water partition coefficient (Wildman–Crippen LogP) is 5.39. The average Bonchev–Trinajstić information content (AvgIpc) is 3.15. The molecule has 0 saturated heterocycles. The van der Waals surface area contributed by atoms with Crippen LogP contribution >= 0.6 is 0 Å². The Bertz CT molecular complexity index is 1180. The van der Waals surface area contributed by atoms with Crippen LogP contribution in [0.25, 0.3) is 11.1 Å². The third kappa shape index (κ3) is 4.60. The molecule has 3 aromatic rings. The predicted molar refractivity (Wildman–Crippen MR) is 109 cm³/mol. The lowest BCUT2D eigenvalue weighted by Crippen LogP contribution is -2.23. The summed E-state index contributed by atoms with van der Waals surface area (Å²) in [6.07, 6.45) is -4.49. The smallest absolute Gasteiger partial charge is 0.416 e. The van der Waals surface area contributed by atoms with Crippen molar-refractivity contribution >= 4 is 10.1 Å². The Hall–Kier alpha value is -2.84. The van der Waals surface area contributed by atoms with Gasteiger partial charge in [-0.1, -0.05) is 48.0 Å². The molecule has 1 aliphatic rings. The number of benzene rings is 3. The van der Waals surface area contributed by atoms with Gasteiger partial charge >= 0.3 is 6.18 Å². The molecule has 8 heteroatoms. The highest BCUT2D eigenvalue weighted by Gasteiger charge is 2.31. The number of fused-ring (bicyclic) bond motifs is 1. The van der Waals surface area contributed by atoms with Crippen LogP contribution in [0, 0.1) is 6.92 Å². The van der Waals surface area contributed by atoms with Crippen molar-refractivity contribution in [1.82, 2.24) is 0 Å². The molecule has 0 radical (unpaired) electrons. The Morgan fingerprint density at radius 3 is 2.32 bits per heavy atom. The Labute approximate surface area is 178 Å². The molecule has 0 fully saturated rings. The lowest BCUT2D eigenvalue weighted by Gasteiger charge is -2.14. The van der Waals surface area contributed by atoms with Crippen molar-refractivity contribution in [3.8, 4) is 16.9 Å². The lowest BCUT2D eigenvalue weighted by molar-refractivity contribution is -0.137. The van der Waals surface area contributed by atoms with Crippen LogP contribution in [0.5, 0.6) is 5.75 Å². The summed E-state index contributed by atoms with van der Waals surface area (Å²) in [5.41, 5.74) is 2.29. The third-order valence-electron chi connectivity index (χ3n) is 5.07. The number of alkyl halides is 3. The molecule has 31 heavy (non-hydrogen) atoms. The second kappa shape index (κ2) is 8.01. The van der Waals surface area contributed by atoms with E-state index in [1.165, 1.54) is 24.3 Å². The lowest BCUT2D eigenvalue weighted by atomic mass is 9.99. The molecule has 0 spiro atoms. The summed E-state index contributed by atoms with van der Waals surface area (Å²) in [5.74, 6) is 0.531. The normalized spacial score (nSPS) is 16.1. The molecular formula is C23H19F3O4S. The van der Waals surface area contributed by atoms with Gasteiger partial charge in [0, 0.05) is 12.0 Å². The van der Waals surface area contributed by atoms with E-state index in [1.54, 1.807) is 24.3 Å². The zero-order valence-electron chi connectivity index (χ0n) is 16.5. The number of hydrogen-bond acceptors (Lipinski definition) is 4. The first kappa shape index (κ1) is 21.4. The van der Waals surface area contributed by atoms with Gasteiger partial charge in [-0.15, -0.1) is 0 Å². The van der Waals surface area contributed by atoms with Crippen molar-refractivity contribution in [2.75, 3.05) is 6.61 Å². The summed E-state index contributed by atoms with van der Waals surface area (Å²) in [6.45, 7) is 1.69. The monoisotopic (exact) mass is 448 g/mol. The van der Waals surface area contributed by atoms with Gasteiger partial charge in [-0.05, 0) is 42.3 Å². The van der Waals surface area contributed by atoms with E-state index in [9.17, 15) is 21.6 Å². The maximum Gasteiger partial charge on any atom is 0.416 e. The third-order valence-corrected chi connectivity index (χ3v) is 6.37. The van der Waals surface area contributed by atoms with E-state index in [0.717, 1.165) is 23.3 Å². The molecule has 1 aliphatic heterocycles. The first-order valence-corrected chi connectivity index (χ1v) is 11.0. The summed E-state index contributed by atoms with van der Waals surface area (Å²) in [5, 5.41) is 0. The first-order valence-electron chi connectivity index (χ1n) is 9.56. The van der Waals surface area contributed by atoms with Crippen molar-refractivity contribution in [2.45, 2.75) is 30.5 Å². The highest BCUT2D eigenvalue weighted by molar-refractivity contribution is 7.86. The van der Waals surface area contributed by atoms with Crippen molar-refractivity contribution < 1.29 is 30.5 Å². The molecule has 1 unspecified atom stereocenters. The van der Waals surface area contributed by atoms with Crippen LogP contribution in [0.1, 0.15) is 16.7 Å². The van der Waals surface area contributed by atoms with E-state index in [-0.39, 0.29) is 11.5 Å². The fraction of sp³-hybridized carbons (Fsp3) is 0.217. The SMILES string of the molecule is Cc1ccc(S(=O)(=O)OCC2Cc3cccc(-c4ccc(C(F)(F)F)cc4)c3O2)cc1. The number of ether oxygens (including phenoxy) is 1. The quantitative estimate of drug-likeness (QED) is 0.491. The maximum absolute atomic E-state index is 12.8. The topological polar surface area (TPSA) is 52.6 Å². The largest absolute Gasteiger partial charge is 0.487 e. The van der Waals surface area contributed by atoms with Gasteiger partial charge < -0.3 is 4.74 Å². The summed E-state index contributed by atoms with van der Waals surface area (Å²) in [7, 11) is -3.92. The number of para-hydroxylation sites is 1. The van der Waals surface area contributed by atoms with E-state index in [0.29, 0.717) is 23.3 Å². The number of hydrogen-bond donors (Lipinski definition) is 0. The second-order valence-corrected chi connectivity index (χ2v) is 8.98. The highest BCUT2D eigenvalue weighted by Crippen LogP contribution is 2.40. The summed E-state index contributed by atoms with van der Waals surface area (Å²) in [4.78, 5) is 0.0686. The molecule has 162 valence electrons. The van der Waals surface area contributed by atoms with Crippen LogP contribution in [0.3, 0.4) is 0 Å². The fourth-order valence-electron chi connectivity index (χ4n) is 3.44. The van der Waals surface area contributed by atoms with Crippen molar-refractivity contribution in [3.63, 3.8) is 0 Å². The van der Waals surface area contributed by atoms with E-state index < -0.39 is 28.0 Å². The zero-order valence-corrected chi connectivity index (χ0v) is 17.3. The molecule has 0 aromatic heterocycles. The van der Waals surface area contributed by atoms with Gasteiger partial charge in [0.15, 0.2) is 0 Å². The number of rotatable bonds is 5. The van der Waals surface area contributed by atoms with Crippen LogP contribution in [-0.2, 0) is 26.9 Å². The van der Waals surface area contributed by atoms with E-state index in [2.05, 4.69) is 0 Å². The minimum absolute atomic E-state index is 0.0686. The van der Waals surface area contributed by atoms with E-state index >= 15 is 0 Å². The van der Waals surface area contributed by atoms with Gasteiger partial charge in [0.2, 0.25) is 0 Å². The van der Waals surface area contributed by atoms with Gasteiger partial charge in [0.1, 0.15) is 18.5 Å². The van der Waals surface area contributed by atoms with Gasteiger partial charge in [-0.25, -0.2) is 0 Å². The van der Waals surface area contributed by atoms with E-state index in [4.69, 9.17) is 8.92 Å². The molecule has 0 bridgehead atoms. The molecule has 1 atom stereocenters. The average molecular weight is 448 g/mol. The molecule has 1 heterocycles. The van der Waals surface area contributed by atoms with Crippen molar-refractivity contribution in [3.05, 3.63) is 83.4 Å². The molecule has 3 aromatic carbocycles. The van der Waals surface area contributed by atoms with Crippen LogP contribution in [0.15, 0.2) is 71.6 Å². The summed E-state index contributed by atoms with van der Waals surface area (Å²) in [6, 6.07) is 16.6. The maximum atomic E-state index is 12.8. The Morgan fingerprint density at radius 1 is 1.00 bits per heavy atom. The highest BCUT2D eigenvalue weighted by atomic mass is 32.2. The number of aryl methyl sites for hydroxylation is 1. The second-order valence-electron chi connectivity index (χ2n) is 7.36. The minimum atomic E-state index is -4.40. The van der Waals surface area contributed by atoms with Crippen LogP contribution in [0.2, 0.25) is 0 Å². The Morgan fingerprint density at radius 2 is 1.68 bits per heavy atom. The molecule has 4 nitrogen and oxygen atoms in total. The van der Waals surface area contributed by atoms with Gasteiger partial charge in [-0.2, -0.15) is 21.6 Å². The van der Waals surface area contributed by atoms with Crippen LogP contribution in [0.4, 0.5) is 13.2 Å². The fourth-order valence-corrected chi connectivity index (χ4v) is 4.37. The van der Waals surface area contributed by atoms with E-state index in [1.807, 2.05) is 13.0 Å². The standard InChI is InChI=1S/C23H19F3O4S/c1-15-5-11-20(12-6-15)31(27,28)29-14-19-13-17-3-2-4-21(22(17)30-19)16-7-9-18(10-8-16)23(24,25)26/h2-12,19H,13-14H2,1H3. The first-order chi connectivity index (χ1) is 14.6. The molecule has 0 aliphatic carbocycles. The van der Waals surface area contributed by atoms with Gasteiger partial charge in [0.05, 0.1) is 10.5 Å². The molecular weight excluding hydrogens is 429 g/mol. The summed E-state index contributed by atoms with van der Waals surface area (Å²) < 4.78 is 74.4. The Kier molecular flexibility index (Phi) is 5.53. The number of halogens is 3. The molecule has 0 N–H and O–H groups in total. The van der Waals surface area contributed by atoms with Crippen molar-refractivity contribution in [2.24, 2.45) is 0 Å². The van der Waals surface area contributed by atoms with Crippen molar-refractivity contribution in [1.29, 1.82) is 0 Å². The van der Waals surface area contributed by atoms with Crippen LogP contribution < -0.4 is 4.74 Å². The molecule has 4 rings (SSSR count). The Balaban J connectivity index is 1.49. The van der Waals surface area contributed by atoms with Gasteiger partial charge in [-0.3, -0.25) is 4.18 Å². The molecule has 0 saturated carbocycles. The summed E-state index contributed by atoms with van der Waals surface area (Å²) >= 11 is 0. The van der Waals surface area contributed by atoms with Crippen LogP contribution in [-0.4, -0.2) is 21.1 Å². The molecule has 0 amide bonds. The van der Waals surface area contributed by atoms with Gasteiger partial charge in [0.25, 0.3) is 10.1 Å².